The Morgan fingerprint density at radius 2 is 1.20 bits per heavy atom. The Morgan fingerprint density at radius 1 is 0.533 bits per heavy atom. The third kappa shape index (κ3) is 2.00. The highest BCUT2D eigenvalue weighted by Gasteiger charge is 2.16. The number of hydrogen-bond acceptors (Lipinski definition) is 2. The molecule has 140 valence electrons. The molecule has 0 aliphatic heterocycles. The number of benzene rings is 5. The Labute approximate surface area is 175 Å². The molecule has 0 spiro atoms. The van der Waals surface area contributed by atoms with Crippen molar-refractivity contribution in [3.63, 3.8) is 0 Å². The van der Waals surface area contributed by atoms with Gasteiger partial charge in [0.2, 0.25) is 0 Å². The van der Waals surface area contributed by atoms with Crippen molar-refractivity contribution in [2.75, 3.05) is 0 Å². The highest BCUT2D eigenvalue weighted by atomic mass is 32.1. The van der Waals surface area contributed by atoms with Crippen molar-refractivity contribution < 1.29 is 0 Å². The van der Waals surface area contributed by atoms with Gasteiger partial charge in [0.05, 0.1) is 0 Å². The largest absolute Gasteiger partial charge is 0.321 e. The van der Waals surface area contributed by atoms with Crippen LogP contribution in [0.4, 0.5) is 0 Å². The van der Waals surface area contributed by atoms with Crippen molar-refractivity contribution in [3.05, 3.63) is 95.3 Å². The number of hydrogen-bond donors (Lipinski definition) is 1. The Morgan fingerprint density at radius 3 is 2.03 bits per heavy atom. The van der Waals surface area contributed by atoms with Gasteiger partial charge in [-0.15, -0.1) is 11.3 Å². The number of pyridine rings is 1. The normalized spacial score (nSPS) is 12.1. The number of H-pyrrole nitrogens is 1. The van der Waals surface area contributed by atoms with E-state index in [1.807, 2.05) is 0 Å². The molecular weight excluding hydrogens is 386 g/mol. The van der Waals surface area contributed by atoms with Crippen molar-refractivity contribution in [2.24, 2.45) is 0 Å². The highest BCUT2D eigenvalue weighted by Crippen LogP contribution is 2.42. The first kappa shape index (κ1) is 16.1. The van der Waals surface area contributed by atoms with Gasteiger partial charge in [0.1, 0.15) is 4.70 Å². The van der Waals surface area contributed by atoms with Crippen LogP contribution in [0.25, 0.3) is 63.4 Å². The molecule has 7 rings (SSSR count). The van der Waals surface area contributed by atoms with E-state index in [1.54, 1.807) is 11.3 Å². The molecule has 0 saturated carbocycles. The number of aromatic amines is 1. The van der Waals surface area contributed by atoms with Crippen LogP contribution in [0.3, 0.4) is 0 Å². The topological polar surface area (TPSA) is 32.9 Å². The Balaban J connectivity index is 1.80. The van der Waals surface area contributed by atoms with E-state index in [0.717, 1.165) is 26.4 Å². The van der Waals surface area contributed by atoms with Crippen LogP contribution in [0.1, 0.15) is 0 Å². The molecule has 3 heteroatoms. The van der Waals surface area contributed by atoms with Crippen LogP contribution in [0, 0.1) is 0 Å². The van der Waals surface area contributed by atoms with E-state index in [-0.39, 0.29) is 5.56 Å². The fraction of sp³-hybridized carbons (Fsp3) is 0. The summed E-state index contributed by atoms with van der Waals surface area (Å²) in [6.07, 6.45) is 0. The van der Waals surface area contributed by atoms with Gasteiger partial charge >= 0.3 is 0 Å². The number of nitrogens with one attached hydrogen (secondary N) is 1. The molecule has 0 aliphatic carbocycles. The minimum Gasteiger partial charge on any atom is -0.321 e. The zero-order valence-corrected chi connectivity index (χ0v) is 16.7. The molecule has 0 saturated heterocycles. The third-order valence-electron chi connectivity index (χ3n) is 6.21. The molecule has 0 fully saturated rings. The number of aromatic nitrogens is 1. The van der Waals surface area contributed by atoms with Crippen molar-refractivity contribution >= 4 is 74.7 Å². The van der Waals surface area contributed by atoms with Crippen LogP contribution in [-0.2, 0) is 0 Å². The predicted octanol–water partition coefficient (Wildman–Crippen LogP) is 7.36. The van der Waals surface area contributed by atoms with Crippen LogP contribution >= 0.6 is 11.3 Å². The van der Waals surface area contributed by atoms with Gasteiger partial charge in [-0.2, -0.15) is 0 Å². The molecule has 2 heterocycles. The maximum atomic E-state index is 13.0. The maximum Gasteiger partial charge on any atom is 0.266 e. The van der Waals surface area contributed by atoms with Crippen LogP contribution in [0.5, 0.6) is 0 Å². The summed E-state index contributed by atoms with van der Waals surface area (Å²) in [6.45, 7) is 0. The van der Waals surface area contributed by atoms with Gasteiger partial charge in [-0.25, -0.2) is 0 Å². The van der Waals surface area contributed by atoms with E-state index >= 15 is 0 Å². The van der Waals surface area contributed by atoms with Gasteiger partial charge < -0.3 is 4.98 Å². The van der Waals surface area contributed by atoms with E-state index in [9.17, 15) is 4.79 Å². The molecule has 2 nitrogen and oxygen atoms in total. The average molecular weight is 401 g/mol. The molecule has 1 N–H and O–H groups in total. The lowest BCUT2D eigenvalue weighted by molar-refractivity contribution is 1.36. The lowest BCUT2D eigenvalue weighted by Crippen LogP contribution is -2.04. The molecule has 0 radical (unpaired) electrons. The summed E-state index contributed by atoms with van der Waals surface area (Å²) in [5.41, 5.74) is 0.881. The Bertz CT molecular complexity index is 1870. The molecular formula is C27H15NOS. The van der Waals surface area contributed by atoms with Crippen LogP contribution in [-0.4, -0.2) is 4.98 Å². The van der Waals surface area contributed by atoms with Crippen LogP contribution < -0.4 is 5.56 Å². The lowest BCUT2D eigenvalue weighted by Gasteiger charge is -2.09. The summed E-state index contributed by atoms with van der Waals surface area (Å²) >= 11 is 1.60. The van der Waals surface area contributed by atoms with Gasteiger partial charge in [0.15, 0.2) is 0 Å². The number of fused-ring (bicyclic) bond motifs is 11. The Hall–Kier alpha value is -3.69. The van der Waals surface area contributed by atoms with Gasteiger partial charge in [0.25, 0.3) is 5.56 Å². The van der Waals surface area contributed by atoms with Gasteiger partial charge in [-0.1, -0.05) is 78.9 Å². The molecule has 0 bridgehead atoms. The van der Waals surface area contributed by atoms with E-state index in [0.29, 0.717) is 0 Å². The fourth-order valence-corrected chi connectivity index (χ4v) is 6.11. The predicted molar refractivity (Wildman–Crippen MR) is 130 cm³/mol. The molecule has 0 atom stereocenters. The molecule has 7 aromatic rings. The zero-order chi connectivity index (χ0) is 19.8. The lowest BCUT2D eigenvalue weighted by atomic mass is 9.96. The quantitative estimate of drug-likeness (QED) is 0.265. The van der Waals surface area contributed by atoms with Crippen molar-refractivity contribution in [2.45, 2.75) is 0 Å². The molecule has 0 unspecified atom stereocenters. The molecule has 5 aromatic carbocycles. The van der Waals surface area contributed by atoms with Crippen LogP contribution in [0.15, 0.2) is 89.7 Å². The summed E-state index contributed by atoms with van der Waals surface area (Å²) in [5, 5.41) is 10.6. The van der Waals surface area contributed by atoms with Crippen LogP contribution in [0.2, 0.25) is 0 Å². The Kier molecular flexibility index (Phi) is 3.06. The second kappa shape index (κ2) is 5.68. The number of rotatable bonds is 0. The van der Waals surface area contributed by atoms with Crippen molar-refractivity contribution in [1.82, 2.24) is 4.98 Å². The second-order valence-electron chi connectivity index (χ2n) is 7.79. The first-order valence-electron chi connectivity index (χ1n) is 10.00. The van der Waals surface area contributed by atoms with Crippen molar-refractivity contribution in [3.8, 4) is 0 Å². The number of thiophene rings is 1. The summed E-state index contributed by atoms with van der Waals surface area (Å²) in [7, 11) is 0. The maximum absolute atomic E-state index is 13.0. The van der Waals surface area contributed by atoms with E-state index in [4.69, 9.17) is 0 Å². The standard InChI is InChI=1S/C27H15NOS/c29-27-26-24(21-12-10-16-6-2-4-8-18(16)25(21)30-26)23-20-11-9-15-5-1-3-7-17(15)19(20)13-14-22(23)28-27/h1-14H,(H,28,29). The first-order valence-corrected chi connectivity index (χ1v) is 10.8. The smallest absolute Gasteiger partial charge is 0.266 e. The van der Waals surface area contributed by atoms with E-state index < -0.39 is 0 Å². The monoisotopic (exact) mass is 401 g/mol. The molecule has 2 aromatic heterocycles. The first-order chi connectivity index (χ1) is 14.8. The SMILES string of the molecule is O=c1[nH]c2ccc3c4ccccc4ccc3c2c2c1sc1c3ccccc3ccc12. The van der Waals surface area contributed by atoms with Gasteiger partial charge in [0, 0.05) is 26.4 Å². The summed E-state index contributed by atoms with van der Waals surface area (Å²) in [4.78, 5) is 16.1. The summed E-state index contributed by atoms with van der Waals surface area (Å²) in [5.74, 6) is 0. The zero-order valence-electron chi connectivity index (χ0n) is 15.9. The molecule has 0 amide bonds. The third-order valence-corrected chi connectivity index (χ3v) is 7.45. The van der Waals surface area contributed by atoms with E-state index in [2.05, 4.69) is 89.9 Å². The minimum atomic E-state index is -0.0112. The highest BCUT2D eigenvalue weighted by molar-refractivity contribution is 7.26. The van der Waals surface area contributed by atoms with Gasteiger partial charge in [-0.05, 0) is 38.4 Å². The van der Waals surface area contributed by atoms with Gasteiger partial charge in [-0.3, -0.25) is 4.79 Å². The van der Waals surface area contributed by atoms with E-state index in [1.165, 1.54) is 37.0 Å². The molecule has 30 heavy (non-hydrogen) atoms. The summed E-state index contributed by atoms with van der Waals surface area (Å²) in [6, 6.07) is 29.8. The van der Waals surface area contributed by atoms with Crippen molar-refractivity contribution in [1.29, 1.82) is 0 Å². The molecule has 0 aliphatic rings. The second-order valence-corrected chi connectivity index (χ2v) is 8.81. The fourth-order valence-electron chi connectivity index (χ4n) is 4.87. The minimum absolute atomic E-state index is 0.0112. The summed E-state index contributed by atoms with van der Waals surface area (Å²) < 4.78 is 1.98. The average Bonchev–Trinajstić information content (AvgIpc) is 3.19.